The Hall–Kier alpha value is -1.84. The summed E-state index contributed by atoms with van der Waals surface area (Å²) in [6, 6.07) is 0. The second kappa shape index (κ2) is 14.8. The molecule has 0 aromatic rings. The number of carbonyl (C=O) groups excluding carboxylic acids is 4. The van der Waals surface area contributed by atoms with E-state index in [9.17, 15) is 19.2 Å². The second-order valence-electron chi connectivity index (χ2n) is 28.4. The molecule has 0 radical (unpaired) electrons. The summed E-state index contributed by atoms with van der Waals surface area (Å²) < 4.78 is 0. The lowest BCUT2D eigenvalue weighted by atomic mass is 9.32. The standard InChI is InChI=1S/2C30H46O2/c2*1-19(2)20-10-15-30(18-31)17-16-28(6)21(25(20)30)8-9-23-27(5)13-12-24(32)26(3,4)22(27)11-14-29(23,28)7/h2*18,20-23,25H,1,8-17H2,2-7H3/t2*20-,21+,22-,23+,25+,27-,28+,29+,30+/m00/s1. The van der Waals surface area contributed by atoms with Crippen LogP contribution in [0.3, 0.4) is 0 Å². The minimum atomic E-state index is -0.179. The molecule has 0 aromatic heterocycles. The number of hydrogen-bond donors (Lipinski definition) is 0. The third kappa shape index (κ3) is 5.82. The third-order valence-corrected chi connectivity index (χ3v) is 26.2. The minimum absolute atomic E-state index is 0.0999. The Balaban J connectivity index is 0.000000162. The average Bonchev–Trinajstić information content (AvgIpc) is 3.83. The summed E-state index contributed by atoms with van der Waals surface area (Å²) in [5.41, 5.74) is 3.75. The van der Waals surface area contributed by atoms with Crippen molar-refractivity contribution in [2.45, 2.75) is 212 Å². The molecule has 10 fully saturated rings. The molecule has 0 heterocycles. The van der Waals surface area contributed by atoms with E-state index in [1.165, 1.54) is 87.9 Å². The molecule has 10 aliphatic rings. The summed E-state index contributed by atoms with van der Waals surface area (Å²) in [7, 11) is 0. The highest BCUT2D eigenvalue weighted by Gasteiger charge is 2.73. The van der Waals surface area contributed by atoms with Crippen LogP contribution < -0.4 is 0 Å². The van der Waals surface area contributed by atoms with Gasteiger partial charge in [-0.1, -0.05) is 93.5 Å². The molecule has 18 atom stereocenters. The summed E-state index contributed by atoms with van der Waals surface area (Å²) >= 11 is 0. The van der Waals surface area contributed by atoms with E-state index < -0.39 is 0 Å². The lowest BCUT2D eigenvalue weighted by molar-refractivity contribution is -0.231. The normalized spacial score (nSPS) is 54.1. The summed E-state index contributed by atoms with van der Waals surface area (Å²) in [6.45, 7) is 37.8. The zero-order valence-electron chi connectivity index (χ0n) is 43.1. The summed E-state index contributed by atoms with van der Waals surface area (Å²) in [5, 5.41) is 0. The van der Waals surface area contributed by atoms with Gasteiger partial charge < -0.3 is 9.59 Å². The molecule has 10 saturated carbocycles. The van der Waals surface area contributed by atoms with Gasteiger partial charge in [0, 0.05) is 34.5 Å². The van der Waals surface area contributed by atoms with E-state index in [0.717, 1.165) is 64.2 Å². The smallest absolute Gasteiger partial charge is 0.138 e. The van der Waals surface area contributed by atoms with Crippen molar-refractivity contribution in [3.63, 3.8) is 0 Å². The van der Waals surface area contributed by atoms with Gasteiger partial charge in [-0.25, -0.2) is 0 Å². The van der Waals surface area contributed by atoms with E-state index in [4.69, 9.17) is 0 Å². The Morgan fingerprint density at radius 1 is 0.438 bits per heavy atom. The van der Waals surface area contributed by atoms with Crippen LogP contribution >= 0.6 is 0 Å². The van der Waals surface area contributed by atoms with Gasteiger partial charge in [-0.05, 0) is 221 Å². The van der Waals surface area contributed by atoms with Crippen LogP contribution in [0.2, 0.25) is 0 Å². The van der Waals surface area contributed by atoms with Crippen LogP contribution in [0, 0.1) is 113 Å². The summed E-state index contributed by atoms with van der Waals surface area (Å²) in [6.07, 6.45) is 25.4. The van der Waals surface area contributed by atoms with Gasteiger partial charge in [0.2, 0.25) is 0 Å². The molecule has 0 unspecified atom stereocenters. The molecule has 0 aliphatic heterocycles. The highest BCUT2D eigenvalue weighted by Crippen LogP contribution is 2.79. The number of allylic oxidation sites excluding steroid dienone is 2. The van der Waals surface area contributed by atoms with Gasteiger partial charge in [0.05, 0.1) is 0 Å². The van der Waals surface area contributed by atoms with Gasteiger partial charge in [-0.2, -0.15) is 0 Å². The van der Waals surface area contributed by atoms with Gasteiger partial charge in [0.1, 0.15) is 24.1 Å². The lowest BCUT2D eigenvalue weighted by Gasteiger charge is -2.72. The number of aldehydes is 2. The van der Waals surface area contributed by atoms with Crippen molar-refractivity contribution in [1.82, 2.24) is 0 Å². The van der Waals surface area contributed by atoms with Crippen molar-refractivity contribution in [3.05, 3.63) is 24.3 Å². The SMILES string of the molecule is C=C(C)[C@@H]1CC[C@]2(C=O)CC[C@]3(C)[C@H](CC[C@@H]4[C@@]5(C)CCC(=O)C(C)(C)[C@@H]5CC[C@]43C)[C@@H]12.C=C(C)[C@@H]1CC[C@]2(C=O)CC[C@]3(C)[C@H](CC[C@@H]4[C@@]5(C)CCC(=O)C(C)(C)[C@@H]5CC[C@]43C)[C@@H]12. The number of carbonyl (C=O) groups is 4. The van der Waals surface area contributed by atoms with Gasteiger partial charge in [0.25, 0.3) is 0 Å². The molecule has 4 heteroatoms. The minimum Gasteiger partial charge on any atom is -0.303 e. The largest absolute Gasteiger partial charge is 0.303 e. The zero-order valence-corrected chi connectivity index (χ0v) is 43.1. The molecule has 0 spiro atoms. The third-order valence-electron chi connectivity index (χ3n) is 26.2. The molecular formula is C60H92O4. The van der Waals surface area contributed by atoms with Crippen LogP contribution in [0.1, 0.15) is 212 Å². The van der Waals surface area contributed by atoms with Crippen LogP contribution in [0.5, 0.6) is 0 Å². The maximum absolute atomic E-state index is 12.9. The average molecular weight is 877 g/mol. The molecule has 0 bridgehead atoms. The van der Waals surface area contributed by atoms with E-state index in [1.807, 2.05) is 0 Å². The Kier molecular flexibility index (Phi) is 10.9. The molecule has 0 N–H and O–H groups in total. The molecule has 4 nitrogen and oxygen atoms in total. The van der Waals surface area contributed by atoms with Crippen LogP contribution in [-0.2, 0) is 19.2 Å². The van der Waals surface area contributed by atoms with Crippen molar-refractivity contribution in [2.24, 2.45) is 113 Å². The summed E-state index contributed by atoms with van der Waals surface area (Å²) in [5.74, 6) is 6.67. The lowest BCUT2D eigenvalue weighted by Crippen LogP contribution is -2.66. The van der Waals surface area contributed by atoms with Crippen molar-refractivity contribution < 1.29 is 19.2 Å². The van der Waals surface area contributed by atoms with Gasteiger partial charge in [-0.15, -0.1) is 0 Å². The van der Waals surface area contributed by atoms with Crippen LogP contribution in [0.4, 0.5) is 0 Å². The Morgan fingerprint density at radius 3 is 1.12 bits per heavy atom. The molecule has 0 saturated heterocycles. The monoisotopic (exact) mass is 877 g/mol. The highest BCUT2D eigenvalue weighted by atomic mass is 16.1. The first-order chi connectivity index (χ1) is 29.7. The molecule has 10 rings (SSSR count). The molecule has 0 aromatic carbocycles. The first-order valence-electron chi connectivity index (χ1n) is 27.0. The Bertz CT molecular complexity index is 1850. The fraction of sp³-hybridized carbons (Fsp3) is 0.867. The number of hydrogen-bond acceptors (Lipinski definition) is 4. The number of ketones is 2. The van der Waals surface area contributed by atoms with E-state index in [1.54, 1.807) is 0 Å². The molecular weight excluding hydrogens is 785 g/mol. The van der Waals surface area contributed by atoms with Gasteiger partial charge >= 0.3 is 0 Å². The topological polar surface area (TPSA) is 68.3 Å². The van der Waals surface area contributed by atoms with Gasteiger partial charge in [0.15, 0.2) is 0 Å². The summed E-state index contributed by atoms with van der Waals surface area (Å²) in [4.78, 5) is 50.9. The predicted octanol–water partition coefficient (Wildman–Crippen LogP) is 14.8. The first kappa shape index (κ1) is 47.2. The Labute approximate surface area is 390 Å². The highest BCUT2D eigenvalue weighted by molar-refractivity contribution is 5.86. The first-order valence-corrected chi connectivity index (χ1v) is 27.0. The van der Waals surface area contributed by atoms with Crippen molar-refractivity contribution in [2.75, 3.05) is 0 Å². The fourth-order valence-corrected chi connectivity index (χ4v) is 22.4. The van der Waals surface area contributed by atoms with Gasteiger partial charge in [-0.3, -0.25) is 9.59 Å². The van der Waals surface area contributed by atoms with Crippen molar-refractivity contribution in [3.8, 4) is 0 Å². The maximum atomic E-state index is 12.9. The molecule has 10 aliphatic carbocycles. The van der Waals surface area contributed by atoms with E-state index in [2.05, 4.69) is 96.2 Å². The maximum Gasteiger partial charge on any atom is 0.138 e. The van der Waals surface area contributed by atoms with Crippen LogP contribution in [0.25, 0.3) is 0 Å². The van der Waals surface area contributed by atoms with Crippen LogP contribution in [0.15, 0.2) is 24.3 Å². The predicted molar refractivity (Wildman–Crippen MR) is 260 cm³/mol. The number of Topliss-reactive ketones (excluding diaryl/α,β-unsaturated/α-hetero) is 2. The van der Waals surface area contributed by atoms with E-state index in [0.29, 0.717) is 81.6 Å². The molecule has 356 valence electrons. The van der Waals surface area contributed by atoms with Crippen molar-refractivity contribution in [1.29, 1.82) is 0 Å². The van der Waals surface area contributed by atoms with Crippen LogP contribution in [-0.4, -0.2) is 24.1 Å². The quantitative estimate of drug-likeness (QED) is 0.208. The fourth-order valence-electron chi connectivity index (χ4n) is 22.4. The Morgan fingerprint density at radius 2 is 0.797 bits per heavy atom. The van der Waals surface area contributed by atoms with E-state index in [-0.39, 0.29) is 43.3 Å². The number of fused-ring (bicyclic) bond motifs is 14. The zero-order chi connectivity index (χ0) is 46.6. The van der Waals surface area contributed by atoms with E-state index >= 15 is 0 Å². The second-order valence-corrected chi connectivity index (χ2v) is 28.4. The van der Waals surface area contributed by atoms with Crippen molar-refractivity contribution >= 4 is 24.1 Å². The molecule has 0 amide bonds. The molecule has 64 heavy (non-hydrogen) atoms. The number of rotatable bonds is 4.